The number of anilines is 2. The highest BCUT2D eigenvalue weighted by molar-refractivity contribution is 6.31. The van der Waals surface area contributed by atoms with Crippen LogP contribution in [0.3, 0.4) is 0 Å². The Morgan fingerprint density at radius 1 is 0.721 bits per heavy atom. The molecule has 0 fully saturated rings. The summed E-state index contributed by atoms with van der Waals surface area (Å²) in [7, 11) is 0. The minimum Gasteiger partial charge on any atom is -0.507 e. The highest BCUT2D eigenvalue weighted by atomic mass is 19.1. The Labute approximate surface area is 248 Å². The van der Waals surface area contributed by atoms with Gasteiger partial charge in [0.1, 0.15) is 17.2 Å². The molecule has 0 unspecified atom stereocenters. The van der Waals surface area contributed by atoms with Crippen LogP contribution in [-0.4, -0.2) is 41.0 Å². The van der Waals surface area contributed by atoms with Crippen molar-refractivity contribution in [3.05, 3.63) is 75.8 Å². The summed E-state index contributed by atoms with van der Waals surface area (Å²) < 4.78 is 43.3. The largest absolute Gasteiger partial charge is 0.507 e. The number of phenolic OH excluding ortho intramolecular Hbond substituents is 2. The maximum Gasteiger partial charge on any atom is 0.338 e. The highest BCUT2D eigenvalue weighted by Crippen LogP contribution is 2.45. The quantitative estimate of drug-likeness (QED) is 0.0774. The molecule has 0 amide bonds. The molecule has 0 bridgehead atoms. The number of hydrogen-bond donors (Lipinski definition) is 3. The average Bonchev–Trinajstić information content (AvgIpc) is 2.99. The van der Waals surface area contributed by atoms with Gasteiger partial charge in [-0.05, 0) is 49.2 Å². The Balaban J connectivity index is 1.71. The van der Waals surface area contributed by atoms with E-state index in [0.717, 1.165) is 57.1 Å². The summed E-state index contributed by atoms with van der Waals surface area (Å²) in [5.41, 5.74) is -3.03. The molecular weight excluding hydrogens is 560 g/mol. The molecule has 3 aromatic rings. The van der Waals surface area contributed by atoms with Gasteiger partial charge >= 0.3 is 5.97 Å². The first kappa shape index (κ1) is 31.5. The van der Waals surface area contributed by atoms with E-state index in [4.69, 9.17) is 9.47 Å². The highest BCUT2D eigenvalue weighted by Gasteiger charge is 2.41. The van der Waals surface area contributed by atoms with Gasteiger partial charge in [-0.1, -0.05) is 52.4 Å². The summed E-state index contributed by atoms with van der Waals surface area (Å²) in [5, 5.41) is 23.3. The molecule has 0 heterocycles. The predicted molar refractivity (Wildman–Crippen MR) is 157 cm³/mol. The fourth-order valence-corrected chi connectivity index (χ4v) is 4.91. The molecular formula is C33H35F2NO7. The van der Waals surface area contributed by atoms with Gasteiger partial charge in [-0.3, -0.25) is 9.59 Å². The van der Waals surface area contributed by atoms with Crippen LogP contribution in [0, 0.1) is 11.6 Å². The molecule has 3 aromatic carbocycles. The lowest BCUT2D eigenvalue weighted by Crippen LogP contribution is -2.25. The van der Waals surface area contributed by atoms with E-state index in [1.165, 1.54) is 24.3 Å². The molecule has 0 saturated carbocycles. The zero-order valence-corrected chi connectivity index (χ0v) is 24.2. The molecule has 1 aliphatic carbocycles. The predicted octanol–water partition coefficient (Wildman–Crippen LogP) is 7.59. The van der Waals surface area contributed by atoms with Crippen LogP contribution < -0.4 is 10.1 Å². The average molecular weight is 596 g/mol. The van der Waals surface area contributed by atoms with E-state index in [-0.39, 0.29) is 24.5 Å². The van der Waals surface area contributed by atoms with Crippen molar-refractivity contribution in [2.24, 2.45) is 0 Å². The lowest BCUT2D eigenvalue weighted by Gasteiger charge is -2.24. The van der Waals surface area contributed by atoms with Gasteiger partial charge in [-0.15, -0.1) is 0 Å². The summed E-state index contributed by atoms with van der Waals surface area (Å²) in [6.07, 6.45) is 7.08. The molecule has 228 valence electrons. The molecule has 3 N–H and O–H groups in total. The molecule has 0 radical (unpaired) electrons. The smallest absolute Gasteiger partial charge is 0.338 e. The van der Waals surface area contributed by atoms with E-state index < -0.39 is 74.4 Å². The molecule has 0 saturated heterocycles. The van der Waals surface area contributed by atoms with Crippen LogP contribution in [0.5, 0.6) is 17.2 Å². The Kier molecular flexibility index (Phi) is 10.3. The van der Waals surface area contributed by atoms with E-state index in [0.29, 0.717) is 6.42 Å². The van der Waals surface area contributed by atoms with Crippen molar-refractivity contribution >= 4 is 28.9 Å². The molecule has 0 spiro atoms. The van der Waals surface area contributed by atoms with Gasteiger partial charge in [-0.2, -0.15) is 0 Å². The number of rotatable bonds is 14. The van der Waals surface area contributed by atoms with Gasteiger partial charge in [0.2, 0.25) is 11.6 Å². The lowest BCUT2D eigenvalue weighted by atomic mass is 9.82. The number of carbonyl (C=O) groups is 3. The Hall–Kier alpha value is -4.47. The second-order valence-corrected chi connectivity index (χ2v) is 10.4. The number of aromatic hydroxyl groups is 2. The number of ether oxygens (including phenoxy) is 2. The summed E-state index contributed by atoms with van der Waals surface area (Å²) in [5.74, 6) is -7.28. The third-order valence-corrected chi connectivity index (χ3v) is 7.27. The maximum atomic E-state index is 16.2. The second-order valence-electron chi connectivity index (χ2n) is 10.4. The van der Waals surface area contributed by atoms with Crippen molar-refractivity contribution in [3.63, 3.8) is 0 Å². The number of halogens is 2. The first-order valence-corrected chi connectivity index (χ1v) is 14.6. The minimum absolute atomic E-state index is 0.0171. The van der Waals surface area contributed by atoms with Crippen LogP contribution in [0.2, 0.25) is 0 Å². The number of hydrogen-bond acceptors (Lipinski definition) is 8. The molecule has 8 nitrogen and oxygen atoms in total. The van der Waals surface area contributed by atoms with Crippen molar-refractivity contribution in [1.29, 1.82) is 0 Å². The SMILES string of the molecule is CCCCCCCCOc1c(F)c2c(c(F)c1Nc1ccc(C(=O)OCCCC)cc1)C(=O)c1c(O)ccc(O)c1C2=O. The van der Waals surface area contributed by atoms with Gasteiger partial charge < -0.3 is 25.0 Å². The third kappa shape index (κ3) is 6.63. The van der Waals surface area contributed by atoms with Crippen molar-refractivity contribution in [1.82, 2.24) is 0 Å². The fraction of sp³-hybridized carbons (Fsp3) is 0.364. The standard InChI is InChI=1S/C33H35F2NO7/c1-3-5-7-8-9-10-18-42-32-28(35)26-25(30(39)23-21(37)15-16-22(38)24(23)31(26)40)27(34)29(32)36-20-13-11-19(12-14-20)33(41)43-17-6-4-2/h11-16,36-38H,3-10,17-18H2,1-2H3. The number of phenols is 2. The number of carbonyl (C=O) groups excluding carboxylic acids is 3. The van der Waals surface area contributed by atoms with E-state index >= 15 is 8.78 Å². The first-order chi connectivity index (χ1) is 20.7. The van der Waals surface area contributed by atoms with Crippen molar-refractivity contribution in [2.75, 3.05) is 18.5 Å². The molecule has 1 aliphatic rings. The summed E-state index contributed by atoms with van der Waals surface area (Å²) in [6.45, 7) is 4.36. The van der Waals surface area contributed by atoms with E-state index in [2.05, 4.69) is 12.2 Å². The van der Waals surface area contributed by atoms with Crippen molar-refractivity contribution < 1.29 is 42.9 Å². The summed E-state index contributed by atoms with van der Waals surface area (Å²) in [6, 6.07) is 7.80. The van der Waals surface area contributed by atoms with Crippen LogP contribution in [0.15, 0.2) is 36.4 Å². The van der Waals surface area contributed by atoms with Gasteiger partial charge in [0.05, 0.1) is 41.0 Å². The minimum atomic E-state index is -1.27. The second kappa shape index (κ2) is 14.1. The number of benzene rings is 3. The summed E-state index contributed by atoms with van der Waals surface area (Å²) >= 11 is 0. The molecule has 0 atom stereocenters. The van der Waals surface area contributed by atoms with Crippen molar-refractivity contribution in [3.8, 4) is 17.2 Å². The number of nitrogens with one attached hydrogen (secondary N) is 1. The van der Waals surface area contributed by atoms with Crippen LogP contribution >= 0.6 is 0 Å². The van der Waals surface area contributed by atoms with Gasteiger partial charge in [0, 0.05) is 5.69 Å². The van der Waals surface area contributed by atoms with Crippen LogP contribution in [0.4, 0.5) is 20.2 Å². The first-order valence-electron chi connectivity index (χ1n) is 14.6. The number of unbranched alkanes of at least 4 members (excludes halogenated alkanes) is 6. The Morgan fingerprint density at radius 3 is 1.88 bits per heavy atom. The van der Waals surface area contributed by atoms with Crippen LogP contribution in [0.1, 0.15) is 107 Å². The van der Waals surface area contributed by atoms with Gasteiger partial charge in [0.25, 0.3) is 0 Å². The lowest BCUT2D eigenvalue weighted by molar-refractivity contribution is 0.0499. The summed E-state index contributed by atoms with van der Waals surface area (Å²) in [4.78, 5) is 39.0. The topological polar surface area (TPSA) is 122 Å². The zero-order chi connectivity index (χ0) is 31.1. The Morgan fingerprint density at radius 2 is 1.28 bits per heavy atom. The maximum absolute atomic E-state index is 16.2. The molecule has 0 aliphatic heterocycles. The third-order valence-electron chi connectivity index (χ3n) is 7.27. The number of ketones is 2. The Bertz CT molecular complexity index is 1520. The number of fused-ring (bicyclic) bond motifs is 2. The van der Waals surface area contributed by atoms with Crippen molar-refractivity contribution in [2.45, 2.75) is 65.2 Å². The van der Waals surface area contributed by atoms with E-state index in [9.17, 15) is 24.6 Å². The van der Waals surface area contributed by atoms with Crippen LogP contribution in [-0.2, 0) is 4.74 Å². The molecule has 4 rings (SSSR count). The molecule has 43 heavy (non-hydrogen) atoms. The van der Waals surface area contributed by atoms with Gasteiger partial charge in [0.15, 0.2) is 17.4 Å². The molecule has 10 heteroatoms. The van der Waals surface area contributed by atoms with Crippen LogP contribution in [0.25, 0.3) is 0 Å². The van der Waals surface area contributed by atoms with Gasteiger partial charge in [-0.25, -0.2) is 13.6 Å². The fourth-order valence-electron chi connectivity index (χ4n) is 4.91. The monoisotopic (exact) mass is 595 g/mol. The number of esters is 1. The zero-order valence-electron chi connectivity index (χ0n) is 24.2. The van der Waals surface area contributed by atoms with E-state index in [1.54, 1.807) is 0 Å². The molecule has 0 aromatic heterocycles. The van der Waals surface area contributed by atoms with E-state index in [1.807, 2.05) is 6.92 Å². The normalized spacial score (nSPS) is 12.1.